The molecule has 0 aliphatic carbocycles. The Kier molecular flexibility index (Phi) is 4.49. The molecule has 0 bridgehead atoms. The lowest BCUT2D eigenvalue weighted by Gasteiger charge is -2.12. The van der Waals surface area contributed by atoms with Crippen LogP contribution in [0.15, 0.2) is 18.2 Å². The fourth-order valence-electron chi connectivity index (χ4n) is 1.83. The SMILES string of the molecule is CC(CCNc1ccc2c(c1)OCCCO2)C(=O)O. The van der Waals surface area contributed by atoms with E-state index in [4.69, 9.17) is 14.6 Å². The first-order chi connectivity index (χ1) is 9.16. The highest BCUT2D eigenvalue weighted by atomic mass is 16.5. The summed E-state index contributed by atoms with van der Waals surface area (Å²) in [6.45, 7) is 3.66. The predicted octanol–water partition coefficient (Wildman–Crippen LogP) is 2.37. The maximum Gasteiger partial charge on any atom is 0.306 e. The molecule has 1 aromatic carbocycles. The maximum atomic E-state index is 10.7. The zero-order valence-corrected chi connectivity index (χ0v) is 11.0. The van der Waals surface area contributed by atoms with Gasteiger partial charge in [-0.25, -0.2) is 0 Å². The number of aliphatic carboxylic acids is 1. The first-order valence-electron chi connectivity index (χ1n) is 6.53. The number of carboxylic acid groups (broad SMARTS) is 1. The molecular formula is C14H19NO4. The predicted molar refractivity (Wildman–Crippen MR) is 72.0 cm³/mol. The number of benzene rings is 1. The van der Waals surface area contributed by atoms with Crippen molar-refractivity contribution in [2.24, 2.45) is 5.92 Å². The lowest BCUT2D eigenvalue weighted by atomic mass is 10.1. The first-order valence-corrected chi connectivity index (χ1v) is 6.53. The van der Waals surface area contributed by atoms with Gasteiger partial charge in [-0.3, -0.25) is 4.79 Å². The van der Waals surface area contributed by atoms with E-state index in [9.17, 15) is 4.79 Å². The average molecular weight is 265 g/mol. The number of carbonyl (C=O) groups is 1. The molecule has 1 atom stereocenters. The van der Waals surface area contributed by atoms with Crippen LogP contribution in [0.4, 0.5) is 5.69 Å². The number of fused-ring (bicyclic) bond motifs is 1. The zero-order chi connectivity index (χ0) is 13.7. The van der Waals surface area contributed by atoms with Crippen molar-refractivity contribution in [1.82, 2.24) is 0 Å². The van der Waals surface area contributed by atoms with Gasteiger partial charge in [0.15, 0.2) is 11.5 Å². The Balaban J connectivity index is 1.91. The molecule has 0 saturated heterocycles. The summed E-state index contributed by atoms with van der Waals surface area (Å²) < 4.78 is 11.1. The molecule has 2 N–H and O–H groups in total. The molecule has 5 heteroatoms. The molecule has 104 valence electrons. The van der Waals surface area contributed by atoms with E-state index in [0.717, 1.165) is 23.6 Å². The summed E-state index contributed by atoms with van der Waals surface area (Å²) in [4.78, 5) is 10.7. The lowest BCUT2D eigenvalue weighted by Crippen LogP contribution is -2.14. The molecule has 5 nitrogen and oxygen atoms in total. The van der Waals surface area contributed by atoms with Crippen molar-refractivity contribution in [3.63, 3.8) is 0 Å². The Morgan fingerprint density at radius 1 is 1.37 bits per heavy atom. The molecule has 0 radical (unpaired) electrons. The van der Waals surface area contributed by atoms with Crippen LogP contribution in [0.2, 0.25) is 0 Å². The smallest absolute Gasteiger partial charge is 0.306 e. The molecular weight excluding hydrogens is 246 g/mol. The Morgan fingerprint density at radius 2 is 2.11 bits per heavy atom. The quantitative estimate of drug-likeness (QED) is 0.855. The van der Waals surface area contributed by atoms with E-state index in [1.54, 1.807) is 6.92 Å². The van der Waals surface area contributed by atoms with Gasteiger partial charge in [-0.2, -0.15) is 0 Å². The fraction of sp³-hybridized carbons (Fsp3) is 0.500. The normalized spacial score (nSPS) is 15.4. The van der Waals surface area contributed by atoms with Crippen molar-refractivity contribution in [3.8, 4) is 11.5 Å². The van der Waals surface area contributed by atoms with Crippen molar-refractivity contribution >= 4 is 11.7 Å². The van der Waals surface area contributed by atoms with Crippen molar-refractivity contribution in [1.29, 1.82) is 0 Å². The molecule has 0 amide bonds. The van der Waals surface area contributed by atoms with Crippen LogP contribution in [-0.4, -0.2) is 30.8 Å². The topological polar surface area (TPSA) is 67.8 Å². The summed E-state index contributed by atoms with van der Waals surface area (Å²) in [5.41, 5.74) is 0.918. The van der Waals surface area contributed by atoms with Crippen LogP contribution >= 0.6 is 0 Å². The Hall–Kier alpha value is -1.91. The standard InChI is InChI=1S/C14H19NO4/c1-10(14(16)17)5-6-15-11-3-4-12-13(9-11)19-8-2-7-18-12/h3-4,9-10,15H,2,5-8H2,1H3,(H,16,17). The number of carboxylic acids is 1. The molecule has 0 spiro atoms. The second kappa shape index (κ2) is 6.31. The monoisotopic (exact) mass is 265 g/mol. The molecule has 1 aromatic rings. The first kappa shape index (κ1) is 13.5. The molecule has 1 unspecified atom stereocenters. The van der Waals surface area contributed by atoms with E-state index in [0.29, 0.717) is 26.2 Å². The highest BCUT2D eigenvalue weighted by molar-refractivity contribution is 5.69. The summed E-state index contributed by atoms with van der Waals surface area (Å²) in [5, 5.41) is 12.0. The zero-order valence-electron chi connectivity index (χ0n) is 11.0. The largest absolute Gasteiger partial charge is 0.490 e. The average Bonchev–Trinajstić information content (AvgIpc) is 2.63. The van der Waals surface area contributed by atoms with Crippen molar-refractivity contribution in [3.05, 3.63) is 18.2 Å². The fourth-order valence-corrected chi connectivity index (χ4v) is 1.83. The number of nitrogens with one attached hydrogen (secondary N) is 1. The van der Waals surface area contributed by atoms with E-state index < -0.39 is 5.97 Å². The van der Waals surface area contributed by atoms with Crippen molar-refractivity contribution in [2.75, 3.05) is 25.1 Å². The summed E-state index contributed by atoms with van der Waals surface area (Å²) in [7, 11) is 0. The number of rotatable bonds is 5. The number of ether oxygens (including phenoxy) is 2. The van der Waals surface area contributed by atoms with Crippen LogP contribution in [0.1, 0.15) is 19.8 Å². The van der Waals surface area contributed by atoms with Crippen molar-refractivity contribution < 1.29 is 19.4 Å². The van der Waals surface area contributed by atoms with Gasteiger partial charge in [0.25, 0.3) is 0 Å². The third-order valence-corrected chi connectivity index (χ3v) is 3.08. The van der Waals surface area contributed by atoms with Gasteiger partial charge in [-0.05, 0) is 18.6 Å². The number of anilines is 1. The molecule has 1 aliphatic heterocycles. The van der Waals surface area contributed by atoms with Gasteiger partial charge in [0.05, 0.1) is 19.1 Å². The minimum atomic E-state index is -0.763. The maximum absolute atomic E-state index is 10.7. The van der Waals surface area contributed by atoms with E-state index in [2.05, 4.69) is 5.32 Å². The van der Waals surface area contributed by atoms with E-state index >= 15 is 0 Å². The second-order valence-electron chi connectivity index (χ2n) is 4.67. The minimum Gasteiger partial charge on any atom is -0.490 e. The van der Waals surface area contributed by atoms with Gasteiger partial charge in [0, 0.05) is 24.7 Å². The summed E-state index contributed by atoms with van der Waals surface area (Å²) in [6, 6.07) is 5.69. The highest BCUT2D eigenvalue weighted by Gasteiger charge is 2.12. The van der Waals surface area contributed by atoms with Crippen LogP contribution in [0.25, 0.3) is 0 Å². The summed E-state index contributed by atoms with van der Waals surface area (Å²) in [6.07, 6.45) is 1.47. The van der Waals surface area contributed by atoms with Gasteiger partial charge in [0.2, 0.25) is 0 Å². The molecule has 0 fully saturated rings. The number of hydrogen-bond acceptors (Lipinski definition) is 4. The molecule has 19 heavy (non-hydrogen) atoms. The Morgan fingerprint density at radius 3 is 2.84 bits per heavy atom. The molecule has 1 heterocycles. The van der Waals surface area contributed by atoms with Crippen molar-refractivity contribution in [2.45, 2.75) is 19.8 Å². The third kappa shape index (κ3) is 3.77. The molecule has 0 aromatic heterocycles. The van der Waals surface area contributed by atoms with Crippen LogP contribution in [0.3, 0.4) is 0 Å². The van der Waals surface area contributed by atoms with Gasteiger partial charge >= 0.3 is 5.97 Å². The summed E-state index contributed by atoms with van der Waals surface area (Å²) in [5.74, 6) is 0.407. The van der Waals surface area contributed by atoms with E-state index in [-0.39, 0.29) is 5.92 Å². The highest BCUT2D eigenvalue weighted by Crippen LogP contribution is 2.32. The second-order valence-corrected chi connectivity index (χ2v) is 4.67. The van der Waals surface area contributed by atoms with Gasteiger partial charge in [0.1, 0.15) is 0 Å². The molecule has 2 rings (SSSR count). The van der Waals surface area contributed by atoms with E-state index in [1.165, 1.54) is 0 Å². The van der Waals surface area contributed by atoms with Crippen LogP contribution in [0.5, 0.6) is 11.5 Å². The Labute approximate surface area is 112 Å². The van der Waals surface area contributed by atoms with Gasteiger partial charge in [-0.15, -0.1) is 0 Å². The van der Waals surface area contributed by atoms with Crippen LogP contribution in [0, 0.1) is 5.92 Å². The Bertz CT molecular complexity index is 447. The van der Waals surface area contributed by atoms with Gasteiger partial charge in [-0.1, -0.05) is 6.92 Å². The van der Waals surface area contributed by atoms with Gasteiger partial charge < -0.3 is 19.9 Å². The van der Waals surface area contributed by atoms with E-state index in [1.807, 2.05) is 18.2 Å². The van der Waals surface area contributed by atoms with Crippen LogP contribution in [-0.2, 0) is 4.79 Å². The van der Waals surface area contributed by atoms with Crippen LogP contribution < -0.4 is 14.8 Å². The third-order valence-electron chi connectivity index (χ3n) is 3.08. The number of hydrogen-bond donors (Lipinski definition) is 2. The lowest BCUT2D eigenvalue weighted by molar-refractivity contribution is -0.141. The molecule has 0 saturated carbocycles. The molecule has 1 aliphatic rings. The minimum absolute atomic E-state index is 0.340. The summed E-state index contributed by atoms with van der Waals surface area (Å²) >= 11 is 0.